The highest BCUT2D eigenvalue weighted by atomic mass is 16.6. The molecule has 0 saturated heterocycles. The molecule has 1 heterocycles. The van der Waals surface area contributed by atoms with E-state index in [1.54, 1.807) is 0 Å². The van der Waals surface area contributed by atoms with Crippen LogP contribution in [-0.4, -0.2) is 22.2 Å². The molecule has 6 nitrogen and oxygen atoms in total. The zero-order chi connectivity index (χ0) is 17.7. The molecular formula is C18H24N2O4. The van der Waals surface area contributed by atoms with E-state index in [-0.39, 0.29) is 30.5 Å². The molecule has 1 aromatic heterocycles. The molecule has 24 heavy (non-hydrogen) atoms. The van der Waals surface area contributed by atoms with E-state index >= 15 is 0 Å². The number of nitrogens with zero attached hydrogens (tertiary/aromatic N) is 2. The average molecular weight is 332 g/mol. The Kier molecular flexibility index (Phi) is 5.59. The minimum Gasteiger partial charge on any atom is -0.491 e. The van der Waals surface area contributed by atoms with Crippen LogP contribution in [0.1, 0.15) is 51.9 Å². The van der Waals surface area contributed by atoms with Crippen molar-refractivity contribution in [1.82, 2.24) is 10.1 Å². The van der Waals surface area contributed by atoms with Gasteiger partial charge in [0.25, 0.3) is 5.89 Å². The molecule has 0 unspecified atom stereocenters. The second kappa shape index (κ2) is 7.47. The van der Waals surface area contributed by atoms with Crippen molar-refractivity contribution in [1.29, 1.82) is 0 Å². The molecule has 0 aliphatic rings. The Morgan fingerprint density at radius 2 is 2.04 bits per heavy atom. The van der Waals surface area contributed by atoms with Gasteiger partial charge in [0.2, 0.25) is 0 Å². The molecule has 0 atom stereocenters. The zero-order valence-electron chi connectivity index (χ0n) is 14.8. The molecule has 0 fully saturated rings. The van der Waals surface area contributed by atoms with Gasteiger partial charge in [0.1, 0.15) is 5.75 Å². The van der Waals surface area contributed by atoms with Gasteiger partial charge < -0.3 is 14.0 Å². The van der Waals surface area contributed by atoms with E-state index in [2.05, 4.69) is 10.1 Å². The second-order valence-electron chi connectivity index (χ2n) is 6.91. The third-order valence-electron chi connectivity index (χ3n) is 3.11. The van der Waals surface area contributed by atoms with Crippen LogP contribution in [0.15, 0.2) is 28.8 Å². The quantitative estimate of drug-likeness (QED) is 0.754. The maximum atomic E-state index is 12.0. The topological polar surface area (TPSA) is 74.5 Å². The van der Waals surface area contributed by atoms with Crippen molar-refractivity contribution < 1.29 is 18.8 Å². The molecule has 0 aliphatic carbocycles. The van der Waals surface area contributed by atoms with Gasteiger partial charge in [-0.25, -0.2) is 0 Å². The first-order valence-corrected chi connectivity index (χ1v) is 7.98. The lowest BCUT2D eigenvalue weighted by molar-refractivity contribution is -0.144. The van der Waals surface area contributed by atoms with Crippen LogP contribution in [0.2, 0.25) is 0 Å². The summed E-state index contributed by atoms with van der Waals surface area (Å²) in [5, 5.41) is 3.89. The Morgan fingerprint density at radius 1 is 1.29 bits per heavy atom. The first-order chi connectivity index (χ1) is 11.2. The highest BCUT2D eigenvalue weighted by Gasteiger charge is 2.21. The fourth-order valence-electron chi connectivity index (χ4n) is 1.98. The summed E-state index contributed by atoms with van der Waals surface area (Å²) in [7, 11) is 0. The van der Waals surface area contributed by atoms with Crippen molar-refractivity contribution in [2.24, 2.45) is 0 Å². The summed E-state index contributed by atoms with van der Waals surface area (Å²) >= 11 is 0. The molecule has 0 bridgehead atoms. The molecule has 0 N–H and O–H groups in total. The van der Waals surface area contributed by atoms with Gasteiger partial charge in [-0.15, -0.1) is 0 Å². The van der Waals surface area contributed by atoms with Gasteiger partial charge in [-0.1, -0.05) is 38.1 Å². The summed E-state index contributed by atoms with van der Waals surface area (Å²) in [4.78, 5) is 16.2. The lowest BCUT2D eigenvalue weighted by Gasteiger charge is -2.11. The Balaban J connectivity index is 1.88. The standard InChI is InChI=1S/C18H24N2O4/c1-12(2)23-14-8-6-7-13(9-14)10-16(21)22-11-15-19-17(20-24-15)18(3,4)5/h6-9,12H,10-11H2,1-5H3. The first kappa shape index (κ1) is 18.0. The number of carbonyl (C=O) groups is 1. The minimum atomic E-state index is -0.354. The smallest absolute Gasteiger partial charge is 0.310 e. The summed E-state index contributed by atoms with van der Waals surface area (Å²) in [6.07, 6.45) is 0.247. The van der Waals surface area contributed by atoms with Crippen molar-refractivity contribution in [3.05, 3.63) is 41.5 Å². The molecule has 130 valence electrons. The van der Waals surface area contributed by atoms with Gasteiger partial charge in [0.15, 0.2) is 12.4 Å². The number of rotatable bonds is 6. The Hall–Kier alpha value is -2.37. The van der Waals surface area contributed by atoms with Gasteiger partial charge in [-0.05, 0) is 31.5 Å². The predicted molar refractivity (Wildman–Crippen MR) is 88.7 cm³/mol. The normalized spacial score (nSPS) is 11.6. The van der Waals surface area contributed by atoms with Crippen LogP contribution < -0.4 is 4.74 Å². The van der Waals surface area contributed by atoms with Crippen LogP contribution in [0.4, 0.5) is 0 Å². The molecule has 2 rings (SSSR count). The average Bonchev–Trinajstić information content (AvgIpc) is 2.94. The maximum absolute atomic E-state index is 12.0. The Bertz CT molecular complexity index is 686. The van der Waals surface area contributed by atoms with Crippen LogP contribution >= 0.6 is 0 Å². The van der Waals surface area contributed by atoms with Gasteiger partial charge in [0.05, 0.1) is 12.5 Å². The van der Waals surface area contributed by atoms with Crippen molar-refractivity contribution >= 4 is 5.97 Å². The van der Waals surface area contributed by atoms with E-state index in [9.17, 15) is 4.79 Å². The summed E-state index contributed by atoms with van der Waals surface area (Å²) < 4.78 is 15.9. The fourth-order valence-corrected chi connectivity index (χ4v) is 1.98. The van der Waals surface area contributed by atoms with Crippen molar-refractivity contribution in [2.45, 2.75) is 59.2 Å². The van der Waals surface area contributed by atoms with Crippen LogP contribution in [0.5, 0.6) is 5.75 Å². The van der Waals surface area contributed by atoms with E-state index in [0.717, 1.165) is 11.3 Å². The van der Waals surface area contributed by atoms with E-state index in [1.165, 1.54) is 0 Å². The summed E-state index contributed by atoms with van der Waals surface area (Å²) in [5.74, 6) is 1.27. The number of hydrogen-bond acceptors (Lipinski definition) is 6. The number of esters is 1. The molecular weight excluding hydrogens is 308 g/mol. The fraction of sp³-hybridized carbons (Fsp3) is 0.500. The zero-order valence-corrected chi connectivity index (χ0v) is 14.8. The summed E-state index contributed by atoms with van der Waals surface area (Å²) in [6.45, 7) is 9.85. The molecule has 0 amide bonds. The maximum Gasteiger partial charge on any atom is 0.310 e. The summed E-state index contributed by atoms with van der Waals surface area (Å²) in [5.41, 5.74) is 0.627. The second-order valence-corrected chi connectivity index (χ2v) is 6.91. The van der Waals surface area contributed by atoms with Gasteiger partial charge in [-0.2, -0.15) is 4.98 Å². The van der Waals surface area contributed by atoms with E-state index in [0.29, 0.717) is 11.7 Å². The first-order valence-electron chi connectivity index (χ1n) is 7.98. The number of hydrogen-bond donors (Lipinski definition) is 0. The van der Waals surface area contributed by atoms with E-state index in [4.69, 9.17) is 14.0 Å². The Morgan fingerprint density at radius 3 is 2.67 bits per heavy atom. The number of ether oxygens (including phenoxy) is 2. The van der Waals surface area contributed by atoms with Crippen molar-refractivity contribution in [3.8, 4) is 5.75 Å². The lowest BCUT2D eigenvalue weighted by Crippen LogP contribution is -2.13. The lowest BCUT2D eigenvalue weighted by atomic mass is 9.96. The predicted octanol–water partition coefficient (Wildman–Crippen LogP) is 3.44. The number of aromatic nitrogens is 2. The SMILES string of the molecule is CC(C)Oc1cccc(CC(=O)OCc2nc(C(C)(C)C)no2)c1. The molecule has 2 aromatic rings. The highest BCUT2D eigenvalue weighted by Crippen LogP contribution is 2.19. The van der Waals surface area contributed by atoms with Crippen LogP contribution in [0, 0.1) is 0 Å². The monoisotopic (exact) mass is 332 g/mol. The van der Waals surface area contributed by atoms with Crippen LogP contribution in [0.3, 0.4) is 0 Å². The molecule has 0 spiro atoms. The van der Waals surface area contributed by atoms with Crippen LogP contribution in [-0.2, 0) is 28.0 Å². The van der Waals surface area contributed by atoms with E-state index < -0.39 is 0 Å². The summed E-state index contributed by atoms with van der Waals surface area (Å²) in [6, 6.07) is 7.42. The van der Waals surface area contributed by atoms with Gasteiger partial charge in [-0.3, -0.25) is 4.79 Å². The van der Waals surface area contributed by atoms with Crippen molar-refractivity contribution in [3.63, 3.8) is 0 Å². The van der Waals surface area contributed by atoms with Crippen LogP contribution in [0.25, 0.3) is 0 Å². The largest absolute Gasteiger partial charge is 0.491 e. The third kappa shape index (κ3) is 5.37. The van der Waals surface area contributed by atoms with Gasteiger partial charge in [0, 0.05) is 5.41 Å². The molecule has 0 radical (unpaired) electrons. The number of benzene rings is 1. The third-order valence-corrected chi connectivity index (χ3v) is 3.11. The minimum absolute atomic E-state index is 0.0237. The molecule has 6 heteroatoms. The number of carbonyl (C=O) groups excluding carboxylic acids is 1. The highest BCUT2D eigenvalue weighted by molar-refractivity contribution is 5.72. The van der Waals surface area contributed by atoms with Gasteiger partial charge >= 0.3 is 5.97 Å². The molecule has 1 aromatic carbocycles. The van der Waals surface area contributed by atoms with E-state index in [1.807, 2.05) is 58.9 Å². The Labute approximate surface area is 142 Å². The van der Waals surface area contributed by atoms with Crippen molar-refractivity contribution in [2.75, 3.05) is 0 Å². The molecule has 0 saturated carbocycles. The molecule has 0 aliphatic heterocycles.